The fraction of sp³-hybridized carbons (Fsp3) is 0.300. The van der Waals surface area contributed by atoms with Crippen LogP contribution in [0.1, 0.15) is 15.9 Å². The molecule has 0 unspecified atom stereocenters. The maximum atomic E-state index is 11.6. The number of aryl methyl sites for hydroxylation is 1. The minimum atomic E-state index is -0.184. The number of para-hydroxylation sites is 1. The highest BCUT2D eigenvalue weighted by atomic mass is 16.2. The molecule has 4 nitrogen and oxygen atoms in total. The number of rotatable bonds is 2. The highest BCUT2D eigenvalue weighted by molar-refractivity contribution is 5.99. The van der Waals surface area contributed by atoms with Gasteiger partial charge in [-0.25, -0.2) is 5.01 Å². The van der Waals surface area contributed by atoms with Crippen LogP contribution in [-0.2, 0) is 0 Å². The first-order valence-electron chi connectivity index (χ1n) is 4.35. The zero-order chi connectivity index (χ0) is 10.7. The van der Waals surface area contributed by atoms with Gasteiger partial charge in [0.25, 0.3) is 5.91 Å². The van der Waals surface area contributed by atoms with E-state index in [0.29, 0.717) is 11.3 Å². The summed E-state index contributed by atoms with van der Waals surface area (Å²) >= 11 is 0. The number of nitrogens with zero attached hydrogens (tertiary/aromatic N) is 1. The van der Waals surface area contributed by atoms with Crippen LogP contribution in [0, 0.1) is 6.92 Å². The Morgan fingerprint density at radius 1 is 1.43 bits per heavy atom. The molecule has 0 aromatic heterocycles. The zero-order valence-electron chi connectivity index (χ0n) is 8.66. The largest absolute Gasteiger partial charge is 0.398 e. The van der Waals surface area contributed by atoms with Crippen molar-refractivity contribution in [2.75, 3.05) is 19.8 Å². The summed E-state index contributed by atoms with van der Waals surface area (Å²) in [4.78, 5) is 11.6. The van der Waals surface area contributed by atoms with Crippen LogP contribution in [0.25, 0.3) is 0 Å². The van der Waals surface area contributed by atoms with Gasteiger partial charge in [0.15, 0.2) is 0 Å². The zero-order valence-corrected chi connectivity index (χ0v) is 8.66. The Bertz CT molecular complexity index is 347. The standard InChI is InChI=1S/C10H15N3O/c1-7-5-4-6-8(9(7)11)10(14)12-13(2)3/h4-6H,11H2,1-3H3,(H,12,14). The van der Waals surface area contributed by atoms with Crippen molar-refractivity contribution in [1.82, 2.24) is 10.4 Å². The van der Waals surface area contributed by atoms with Crippen LogP contribution in [0.15, 0.2) is 18.2 Å². The molecule has 1 rings (SSSR count). The van der Waals surface area contributed by atoms with Crippen molar-refractivity contribution in [3.63, 3.8) is 0 Å². The number of anilines is 1. The lowest BCUT2D eigenvalue weighted by Crippen LogP contribution is -2.36. The quantitative estimate of drug-likeness (QED) is 0.539. The molecule has 0 heterocycles. The van der Waals surface area contributed by atoms with Crippen molar-refractivity contribution in [2.24, 2.45) is 0 Å². The number of benzene rings is 1. The molecule has 76 valence electrons. The molecule has 0 spiro atoms. The number of carbonyl (C=O) groups excluding carboxylic acids is 1. The molecule has 0 aliphatic heterocycles. The summed E-state index contributed by atoms with van der Waals surface area (Å²) in [5.41, 5.74) is 10.4. The van der Waals surface area contributed by atoms with Crippen molar-refractivity contribution in [1.29, 1.82) is 0 Å². The van der Waals surface area contributed by atoms with Gasteiger partial charge in [0.1, 0.15) is 0 Å². The molecule has 1 amide bonds. The average molecular weight is 193 g/mol. The Morgan fingerprint density at radius 3 is 2.64 bits per heavy atom. The van der Waals surface area contributed by atoms with Gasteiger partial charge in [-0.1, -0.05) is 12.1 Å². The summed E-state index contributed by atoms with van der Waals surface area (Å²) in [6, 6.07) is 5.40. The van der Waals surface area contributed by atoms with Crippen molar-refractivity contribution in [3.8, 4) is 0 Å². The van der Waals surface area contributed by atoms with E-state index >= 15 is 0 Å². The van der Waals surface area contributed by atoms with Gasteiger partial charge >= 0.3 is 0 Å². The van der Waals surface area contributed by atoms with Gasteiger partial charge < -0.3 is 5.73 Å². The van der Waals surface area contributed by atoms with Gasteiger partial charge in [-0.2, -0.15) is 0 Å². The van der Waals surface area contributed by atoms with Gasteiger partial charge in [-0.3, -0.25) is 10.2 Å². The molecular formula is C10H15N3O. The molecular weight excluding hydrogens is 178 g/mol. The molecule has 0 fully saturated rings. The summed E-state index contributed by atoms with van der Waals surface area (Å²) in [5.74, 6) is -0.184. The minimum absolute atomic E-state index is 0.184. The molecule has 0 saturated carbocycles. The minimum Gasteiger partial charge on any atom is -0.398 e. The molecule has 0 saturated heterocycles. The fourth-order valence-corrected chi connectivity index (χ4v) is 1.14. The SMILES string of the molecule is Cc1cccc(C(=O)NN(C)C)c1N. The molecule has 14 heavy (non-hydrogen) atoms. The van der Waals surface area contributed by atoms with E-state index in [0.717, 1.165) is 5.56 Å². The van der Waals surface area contributed by atoms with Crippen LogP contribution >= 0.6 is 0 Å². The number of carbonyl (C=O) groups is 1. The Labute approximate surface area is 83.7 Å². The van der Waals surface area contributed by atoms with Gasteiger partial charge in [0, 0.05) is 19.8 Å². The van der Waals surface area contributed by atoms with Gasteiger partial charge in [0.2, 0.25) is 0 Å². The predicted molar refractivity (Wildman–Crippen MR) is 56.7 cm³/mol. The molecule has 3 N–H and O–H groups in total. The van der Waals surface area contributed by atoms with Crippen molar-refractivity contribution in [3.05, 3.63) is 29.3 Å². The molecule has 0 atom stereocenters. The number of hydrazine groups is 1. The van der Waals surface area contributed by atoms with Gasteiger partial charge in [0.05, 0.1) is 5.56 Å². The third kappa shape index (κ3) is 2.23. The number of hydrogen-bond acceptors (Lipinski definition) is 3. The second kappa shape index (κ2) is 4.11. The molecule has 0 radical (unpaired) electrons. The maximum Gasteiger partial charge on any atom is 0.267 e. The maximum absolute atomic E-state index is 11.6. The number of amides is 1. The van der Waals surface area contributed by atoms with Gasteiger partial charge in [-0.15, -0.1) is 0 Å². The summed E-state index contributed by atoms with van der Waals surface area (Å²) in [7, 11) is 3.51. The Morgan fingerprint density at radius 2 is 2.07 bits per heavy atom. The summed E-state index contributed by atoms with van der Waals surface area (Å²) in [5, 5.41) is 1.59. The number of hydrogen-bond donors (Lipinski definition) is 2. The van der Waals surface area contributed by atoms with Crippen LogP contribution in [0.4, 0.5) is 5.69 Å². The van der Waals surface area contributed by atoms with E-state index in [2.05, 4.69) is 5.43 Å². The summed E-state index contributed by atoms with van der Waals surface area (Å²) < 4.78 is 0. The molecule has 0 aliphatic rings. The fourth-order valence-electron chi connectivity index (χ4n) is 1.14. The van der Waals surface area contributed by atoms with Crippen molar-refractivity contribution < 1.29 is 4.79 Å². The first-order valence-corrected chi connectivity index (χ1v) is 4.35. The molecule has 1 aromatic carbocycles. The lowest BCUT2D eigenvalue weighted by atomic mass is 10.1. The molecule has 0 bridgehead atoms. The van der Waals surface area contributed by atoms with E-state index in [1.54, 1.807) is 25.2 Å². The third-order valence-electron chi connectivity index (χ3n) is 1.89. The number of nitrogens with two attached hydrogens (primary N) is 1. The highest BCUT2D eigenvalue weighted by Crippen LogP contribution is 2.15. The predicted octanol–water partition coefficient (Wildman–Crippen LogP) is 0.784. The van der Waals surface area contributed by atoms with Crippen LogP contribution in [-0.4, -0.2) is 25.0 Å². The molecule has 0 aliphatic carbocycles. The van der Waals surface area contributed by atoms with E-state index in [1.165, 1.54) is 0 Å². The van der Waals surface area contributed by atoms with Crippen molar-refractivity contribution >= 4 is 11.6 Å². The van der Waals surface area contributed by atoms with E-state index in [-0.39, 0.29) is 5.91 Å². The van der Waals surface area contributed by atoms with Crippen LogP contribution in [0.5, 0.6) is 0 Å². The van der Waals surface area contributed by atoms with E-state index in [9.17, 15) is 4.79 Å². The molecule has 1 aromatic rings. The third-order valence-corrected chi connectivity index (χ3v) is 1.89. The van der Waals surface area contributed by atoms with Crippen LogP contribution in [0.2, 0.25) is 0 Å². The Kier molecular flexibility index (Phi) is 3.09. The molecule has 4 heteroatoms. The van der Waals surface area contributed by atoms with Crippen molar-refractivity contribution in [2.45, 2.75) is 6.92 Å². The van der Waals surface area contributed by atoms with E-state index in [1.807, 2.05) is 19.1 Å². The monoisotopic (exact) mass is 193 g/mol. The van der Waals surface area contributed by atoms with Crippen LogP contribution in [0.3, 0.4) is 0 Å². The summed E-state index contributed by atoms with van der Waals surface area (Å²) in [6.45, 7) is 1.88. The second-order valence-corrected chi connectivity index (χ2v) is 3.37. The first-order chi connectivity index (χ1) is 6.52. The number of nitrogens with one attached hydrogen (secondary N) is 1. The number of nitrogen functional groups attached to an aromatic ring is 1. The summed E-state index contributed by atoms with van der Waals surface area (Å²) in [6.07, 6.45) is 0. The van der Waals surface area contributed by atoms with E-state index in [4.69, 9.17) is 5.73 Å². The van der Waals surface area contributed by atoms with Crippen LogP contribution < -0.4 is 11.2 Å². The second-order valence-electron chi connectivity index (χ2n) is 3.37. The Balaban J connectivity index is 2.96. The topological polar surface area (TPSA) is 58.4 Å². The lowest BCUT2D eigenvalue weighted by Gasteiger charge is -2.13. The average Bonchev–Trinajstić information content (AvgIpc) is 2.08. The Hall–Kier alpha value is -1.55. The first kappa shape index (κ1) is 10.5. The van der Waals surface area contributed by atoms with E-state index < -0.39 is 0 Å². The van der Waals surface area contributed by atoms with Gasteiger partial charge in [-0.05, 0) is 18.6 Å². The normalized spacial score (nSPS) is 10.3. The smallest absolute Gasteiger partial charge is 0.267 e. The lowest BCUT2D eigenvalue weighted by molar-refractivity contribution is 0.0858. The highest BCUT2D eigenvalue weighted by Gasteiger charge is 2.10.